The number of nitriles is 1. The summed E-state index contributed by atoms with van der Waals surface area (Å²) < 4.78 is 11.1. The molecule has 1 aromatic carbocycles. The molecule has 0 spiro atoms. The van der Waals surface area contributed by atoms with Gasteiger partial charge in [0.1, 0.15) is 6.04 Å². The second-order valence-corrected chi connectivity index (χ2v) is 6.11. The van der Waals surface area contributed by atoms with Gasteiger partial charge in [-0.15, -0.1) is 0 Å². The monoisotopic (exact) mass is 317 g/mol. The van der Waals surface area contributed by atoms with Crippen LogP contribution in [0.25, 0.3) is 0 Å². The predicted molar refractivity (Wildman–Crippen MR) is 90.8 cm³/mol. The largest absolute Gasteiger partial charge is 0.493 e. The summed E-state index contributed by atoms with van der Waals surface area (Å²) in [6, 6.07) is 8.47. The van der Waals surface area contributed by atoms with Crippen LogP contribution in [0, 0.1) is 11.3 Å². The summed E-state index contributed by atoms with van der Waals surface area (Å²) in [6.07, 6.45) is 0.936. The first-order chi connectivity index (χ1) is 11.1. The van der Waals surface area contributed by atoms with Crippen LogP contribution in [-0.4, -0.2) is 56.2 Å². The number of hydrogen-bond acceptors (Lipinski definition) is 5. The molecule has 0 N–H and O–H groups in total. The Balaban J connectivity index is 2.22. The summed E-state index contributed by atoms with van der Waals surface area (Å²) in [5.74, 6) is 1.43. The van der Waals surface area contributed by atoms with Crippen LogP contribution in [0.4, 0.5) is 0 Å². The summed E-state index contributed by atoms with van der Waals surface area (Å²) in [5, 5.41) is 9.70. The summed E-state index contributed by atoms with van der Waals surface area (Å²) >= 11 is 0. The molecule has 0 bridgehead atoms. The zero-order valence-electron chi connectivity index (χ0n) is 14.6. The first kappa shape index (κ1) is 17.6. The third kappa shape index (κ3) is 4.15. The Bertz CT molecular complexity index is 556. The van der Waals surface area contributed by atoms with Crippen molar-refractivity contribution in [2.24, 2.45) is 0 Å². The lowest BCUT2D eigenvalue weighted by atomic mass is 10.0. The molecule has 1 aromatic rings. The van der Waals surface area contributed by atoms with E-state index in [4.69, 9.17) is 9.47 Å². The van der Waals surface area contributed by atoms with Crippen LogP contribution in [-0.2, 0) is 0 Å². The number of hydrogen-bond donors (Lipinski definition) is 0. The average Bonchev–Trinajstić information content (AvgIpc) is 2.57. The lowest BCUT2D eigenvalue weighted by Gasteiger charge is -2.39. The molecule has 126 valence electrons. The molecule has 1 saturated heterocycles. The minimum Gasteiger partial charge on any atom is -0.493 e. The normalized spacial score (nSPS) is 20.7. The average molecular weight is 317 g/mol. The highest BCUT2D eigenvalue weighted by Crippen LogP contribution is 2.32. The maximum absolute atomic E-state index is 9.70. The van der Waals surface area contributed by atoms with Crippen molar-refractivity contribution < 1.29 is 9.47 Å². The predicted octanol–water partition coefficient (Wildman–Crippen LogP) is 2.68. The zero-order chi connectivity index (χ0) is 16.8. The summed E-state index contributed by atoms with van der Waals surface area (Å²) in [7, 11) is 3.77. The Labute approximate surface area is 139 Å². The molecule has 2 rings (SSSR count). The summed E-state index contributed by atoms with van der Waals surface area (Å²) in [6.45, 7) is 7.68. The SMILES string of the molecule is CCCOc1cc(C(C#N)N2CCN(C)C(C)C2)ccc1OC. The molecule has 0 radical (unpaired) electrons. The van der Waals surface area contributed by atoms with Gasteiger partial charge in [-0.25, -0.2) is 0 Å². The molecule has 1 fully saturated rings. The van der Waals surface area contributed by atoms with E-state index in [1.165, 1.54) is 0 Å². The Kier molecular flexibility index (Phi) is 6.26. The lowest BCUT2D eigenvalue weighted by Crippen LogP contribution is -2.50. The fourth-order valence-electron chi connectivity index (χ4n) is 2.87. The third-order valence-corrected chi connectivity index (χ3v) is 4.44. The molecule has 0 aliphatic carbocycles. The van der Waals surface area contributed by atoms with Crippen molar-refractivity contribution in [3.63, 3.8) is 0 Å². The number of benzene rings is 1. The van der Waals surface area contributed by atoms with Gasteiger partial charge in [-0.3, -0.25) is 4.90 Å². The maximum Gasteiger partial charge on any atom is 0.161 e. The molecule has 0 saturated carbocycles. The van der Waals surface area contributed by atoms with Gasteiger partial charge in [0, 0.05) is 25.7 Å². The van der Waals surface area contributed by atoms with Gasteiger partial charge in [-0.2, -0.15) is 5.26 Å². The molecule has 1 aliphatic heterocycles. The van der Waals surface area contributed by atoms with E-state index in [1.807, 2.05) is 18.2 Å². The Morgan fingerprint density at radius 3 is 2.74 bits per heavy atom. The third-order valence-electron chi connectivity index (χ3n) is 4.44. The molecule has 1 heterocycles. The van der Waals surface area contributed by atoms with Crippen molar-refractivity contribution >= 4 is 0 Å². The van der Waals surface area contributed by atoms with Crippen molar-refractivity contribution in [2.75, 3.05) is 40.4 Å². The van der Waals surface area contributed by atoms with Crippen molar-refractivity contribution in [1.82, 2.24) is 9.80 Å². The highest BCUT2D eigenvalue weighted by atomic mass is 16.5. The van der Waals surface area contributed by atoms with E-state index in [1.54, 1.807) is 7.11 Å². The van der Waals surface area contributed by atoms with Gasteiger partial charge in [-0.1, -0.05) is 13.0 Å². The number of nitrogens with zero attached hydrogens (tertiary/aromatic N) is 3. The van der Waals surface area contributed by atoms with Crippen LogP contribution < -0.4 is 9.47 Å². The van der Waals surface area contributed by atoms with Gasteiger partial charge in [0.2, 0.25) is 0 Å². The molecule has 2 unspecified atom stereocenters. The molecule has 2 atom stereocenters. The number of methoxy groups -OCH3 is 1. The topological polar surface area (TPSA) is 48.7 Å². The first-order valence-corrected chi connectivity index (χ1v) is 8.25. The van der Waals surface area contributed by atoms with E-state index >= 15 is 0 Å². The Morgan fingerprint density at radius 2 is 2.13 bits per heavy atom. The Morgan fingerprint density at radius 1 is 1.35 bits per heavy atom. The molecular weight excluding hydrogens is 290 g/mol. The number of likely N-dealkylation sites (N-methyl/N-ethyl adjacent to an activating group) is 1. The zero-order valence-corrected chi connectivity index (χ0v) is 14.6. The number of piperazine rings is 1. The van der Waals surface area contributed by atoms with Crippen LogP contribution >= 0.6 is 0 Å². The Hall–Kier alpha value is -1.77. The van der Waals surface area contributed by atoms with Gasteiger partial charge >= 0.3 is 0 Å². The standard InChI is InChI=1S/C18H27N3O2/c1-5-10-23-18-11-15(6-7-17(18)22-4)16(12-19)21-9-8-20(3)14(2)13-21/h6-7,11,14,16H,5,8-10,13H2,1-4H3. The number of rotatable bonds is 6. The second kappa shape index (κ2) is 8.19. The molecular formula is C18H27N3O2. The molecule has 23 heavy (non-hydrogen) atoms. The van der Waals surface area contributed by atoms with E-state index in [0.29, 0.717) is 24.1 Å². The highest BCUT2D eigenvalue weighted by molar-refractivity contribution is 5.45. The van der Waals surface area contributed by atoms with Crippen molar-refractivity contribution in [3.05, 3.63) is 23.8 Å². The quantitative estimate of drug-likeness (QED) is 0.807. The van der Waals surface area contributed by atoms with Crippen molar-refractivity contribution in [3.8, 4) is 17.6 Å². The minimum absolute atomic E-state index is 0.249. The van der Waals surface area contributed by atoms with Gasteiger partial charge in [0.05, 0.1) is 19.8 Å². The minimum atomic E-state index is -0.249. The molecule has 0 amide bonds. The van der Waals surface area contributed by atoms with Crippen LogP contribution in [0.15, 0.2) is 18.2 Å². The fourth-order valence-corrected chi connectivity index (χ4v) is 2.87. The van der Waals surface area contributed by atoms with Crippen LogP contribution in [0.1, 0.15) is 31.9 Å². The van der Waals surface area contributed by atoms with E-state index in [2.05, 4.69) is 36.8 Å². The maximum atomic E-state index is 9.70. The van der Waals surface area contributed by atoms with Gasteiger partial charge in [-0.05, 0) is 38.1 Å². The van der Waals surface area contributed by atoms with Crippen molar-refractivity contribution in [1.29, 1.82) is 5.26 Å². The molecule has 5 heteroatoms. The molecule has 5 nitrogen and oxygen atoms in total. The van der Waals surface area contributed by atoms with Crippen LogP contribution in [0.3, 0.4) is 0 Å². The van der Waals surface area contributed by atoms with E-state index in [9.17, 15) is 5.26 Å². The molecule has 1 aliphatic rings. The highest BCUT2D eigenvalue weighted by Gasteiger charge is 2.28. The smallest absolute Gasteiger partial charge is 0.161 e. The summed E-state index contributed by atoms with van der Waals surface area (Å²) in [4.78, 5) is 4.57. The van der Waals surface area contributed by atoms with Crippen LogP contribution in [0.5, 0.6) is 11.5 Å². The lowest BCUT2D eigenvalue weighted by molar-refractivity contribution is 0.0880. The summed E-state index contributed by atoms with van der Waals surface area (Å²) in [5.41, 5.74) is 0.969. The van der Waals surface area contributed by atoms with Crippen LogP contribution in [0.2, 0.25) is 0 Å². The molecule has 0 aromatic heterocycles. The number of ether oxygens (including phenoxy) is 2. The van der Waals surface area contributed by atoms with Crippen molar-refractivity contribution in [2.45, 2.75) is 32.4 Å². The van der Waals surface area contributed by atoms with Gasteiger partial charge in [0.25, 0.3) is 0 Å². The second-order valence-electron chi connectivity index (χ2n) is 6.11. The van der Waals surface area contributed by atoms with E-state index < -0.39 is 0 Å². The fraction of sp³-hybridized carbons (Fsp3) is 0.611. The first-order valence-electron chi connectivity index (χ1n) is 8.25. The van der Waals surface area contributed by atoms with Gasteiger partial charge in [0.15, 0.2) is 11.5 Å². The van der Waals surface area contributed by atoms with Gasteiger partial charge < -0.3 is 14.4 Å². The van der Waals surface area contributed by atoms with E-state index in [0.717, 1.165) is 31.6 Å². The van der Waals surface area contributed by atoms with E-state index in [-0.39, 0.29) is 6.04 Å².